The van der Waals surface area contributed by atoms with E-state index >= 15 is 0 Å². The molecule has 3 N–H and O–H groups in total. The molecule has 0 aliphatic rings. The number of aliphatic hydroxyl groups excluding tert-OH is 2. The number of aliphatic hydroxyl groups is 2. The lowest BCUT2D eigenvalue weighted by molar-refractivity contribution is 0.0941. The van der Waals surface area contributed by atoms with Gasteiger partial charge in [0.05, 0.1) is 19.8 Å². The number of hydrogen-bond acceptors (Lipinski definition) is 4. The molecule has 0 saturated heterocycles. The number of ether oxygens (including phenoxy) is 1. The smallest absolute Gasteiger partial charge is 0.126 e. The highest BCUT2D eigenvalue weighted by molar-refractivity contribution is 9.10. The number of nitrogens with one attached hydrogen (secondary N) is 1. The van der Waals surface area contributed by atoms with Crippen LogP contribution >= 0.6 is 15.9 Å². The summed E-state index contributed by atoms with van der Waals surface area (Å²) < 4.78 is 6.59. The van der Waals surface area contributed by atoms with E-state index in [9.17, 15) is 5.11 Å². The first kappa shape index (κ1) is 16.4. The summed E-state index contributed by atoms with van der Waals surface area (Å²) >= 11 is 3.61. The molecular formula is C14H22BrNO3. The Bertz CT molecular complexity index is 449. The summed E-state index contributed by atoms with van der Waals surface area (Å²) in [7, 11) is 1.67. The van der Waals surface area contributed by atoms with Crippen molar-refractivity contribution in [2.75, 3.05) is 20.3 Å². The largest absolute Gasteiger partial charge is 0.496 e. The van der Waals surface area contributed by atoms with Crippen LogP contribution in [0, 0.1) is 20.8 Å². The van der Waals surface area contributed by atoms with Crippen LogP contribution in [0.4, 0.5) is 0 Å². The second kappa shape index (κ2) is 7.24. The van der Waals surface area contributed by atoms with Gasteiger partial charge in [-0.1, -0.05) is 15.9 Å². The third kappa shape index (κ3) is 3.69. The van der Waals surface area contributed by atoms with Crippen molar-refractivity contribution in [2.24, 2.45) is 0 Å². The van der Waals surface area contributed by atoms with Crippen molar-refractivity contribution in [3.63, 3.8) is 0 Å². The summed E-state index contributed by atoms with van der Waals surface area (Å²) in [6.45, 7) is 6.83. The van der Waals surface area contributed by atoms with Crippen LogP contribution in [0.3, 0.4) is 0 Å². The fraction of sp³-hybridized carbons (Fsp3) is 0.571. The van der Waals surface area contributed by atoms with Gasteiger partial charge in [0.1, 0.15) is 5.75 Å². The van der Waals surface area contributed by atoms with Crippen molar-refractivity contribution < 1.29 is 14.9 Å². The summed E-state index contributed by atoms with van der Waals surface area (Å²) in [6.07, 6.45) is -0.735. The maximum atomic E-state index is 9.33. The van der Waals surface area contributed by atoms with E-state index in [4.69, 9.17) is 9.84 Å². The number of rotatable bonds is 6. The van der Waals surface area contributed by atoms with Crippen LogP contribution in [0.2, 0.25) is 0 Å². The highest BCUT2D eigenvalue weighted by Gasteiger charge is 2.16. The van der Waals surface area contributed by atoms with Gasteiger partial charge in [0.25, 0.3) is 0 Å². The minimum atomic E-state index is -0.735. The van der Waals surface area contributed by atoms with Gasteiger partial charge in [-0.3, -0.25) is 0 Å². The zero-order chi connectivity index (χ0) is 14.6. The Balaban J connectivity index is 2.99. The Morgan fingerprint density at radius 2 is 1.84 bits per heavy atom. The van der Waals surface area contributed by atoms with Gasteiger partial charge in [0, 0.05) is 23.1 Å². The van der Waals surface area contributed by atoms with Gasteiger partial charge in [-0.2, -0.15) is 0 Å². The molecule has 1 aromatic carbocycles. The molecular weight excluding hydrogens is 310 g/mol. The van der Waals surface area contributed by atoms with Crippen LogP contribution < -0.4 is 10.1 Å². The zero-order valence-corrected chi connectivity index (χ0v) is 13.5. The highest BCUT2D eigenvalue weighted by atomic mass is 79.9. The average molecular weight is 332 g/mol. The lowest BCUT2D eigenvalue weighted by atomic mass is 9.99. The van der Waals surface area contributed by atoms with E-state index < -0.39 is 6.10 Å². The normalized spacial score (nSPS) is 12.6. The zero-order valence-electron chi connectivity index (χ0n) is 11.9. The molecule has 0 aromatic heterocycles. The molecule has 0 aliphatic heterocycles. The summed E-state index contributed by atoms with van der Waals surface area (Å²) in [4.78, 5) is 0. The topological polar surface area (TPSA) is 61.7 Å². The van der Waals surface area contributed by atoms with Gasteiger partial charge >= 0.3 is 0 Å². The van der Waals surface area contributed by atoms with Gasteiger partial charge in [-0.25, -0.2) is 0 Å². The number of hydrogen-bond donors (Lipinski definition) is 3. The molecule has 0 amide bonds. The molecule has 0 aliphatic carbocycles. The molecule has 4 nitrogen and oxygen atoms in total. The van der Waals surface area contributed by atoms with E-state index in [1.54, 1.807) is 7.11 Å². The Hall–Kier alpha value is -0.620. The lowest BCUT2D eigenvalue weighted by Gasteiger charge is -2.19. The van der Waals surface area contributed by atoms with Crippen LogP contribution in [0.25, 0.3) is 0 Å². The average Bonchev–Trinajstić information content (AvgIpc) is 2.41. The third-order valence-electron chi connectivity index (χ3n) is 3.38. The molecule has 1 unspecified atom stereocenters. The van der Waals surface area contributed by atoms with E-state index in [0.29, 0.717) is 13.1 Å². The highest BCUT2D eigenvalue weighted by Crippen LogP contribution is 2.35. The first-order valence-electron chi connectivity index (χ1n) is 6.25. The van der Waals surface area contributed by atoms with Crippen molar-refractivity contribution in [2.45, 2.75) is 33.4 Å². The molecule has 0 saturated carbocycles. The van der Waals surface area contributed by atoms with E-state index in [1.165, 1.54) is 5.56 Å². The maximum Gasteiger partial charge on any atom is 0.126 e. The molecule has 5 heteroatoms. The van der Waals surface area contributed by atoms with Gasteiger partial charge in [0.15, 0.2) is 0 Å². The predicted octanol–water partition coefficient (Wildman–Crippen LogP) is 1.83. The van der Waals surface area contributed by atoms with Crippen LogP contribution in [-0.2, 0) is 6.54 Å². The molecule has 19 heavy (non-hydrogen) atoms. The van der Waals surface area contributed by atoms with Gasteiger partial charge in [-0.05, 0) is 37.5 Å². The molecule has 0 fully saturated rings. The summed E-state index contributed by atoms with van der Waals surface area (Å²) in [5, 5.41) is 21.3. The third-order valence-corrected chi connectivity index (χ3v) is 4.57. The molecule has 0 spiro atoms. The van der Waals surface area contributed by atoms with Crippen molar-refractivity contribution >= 4 is 15.9 Å². The van der Waals surface area contributed by atoms with E-state index in [1.807, 2.05) is 13.8 Å². The number of benzene rings is 1. The van der Waals surface area contributed by atoms with Crippen molar-refractivity contribution in [1.29, 1.82) is 0 Å². The molecule has 1 atom stereocenters. The van der Waals surface area contributed by atoms with E-state index in [2.05, 4.69) is 28.2 Å². The van der Waals surface area contributed by atoms with E-state index in [-0.39, 0.29) is 6.61 Å². The monoisotopic (exact) mass is 331 g/mol. The molecule has 0 radical (unpaired) electrons. The van der Waals surface area contributed by atoms with Crippen molar-refractivity contribution in [1.82, 2.24) is 5.32 Å². The quantitative estimate of drug-likeness (QED) is 0.744. The first-order chi connectivity index (χ1) is 8.93. The Labute approximate surface area is 122 Å². The number of methoxy groups -OCH3 is 1. The molecule has 108 valence electrons. The minimum absolute atomic E-state index is 0.236. The molecule has 0 bridgehead atoms. The molecule has 1 rings (SSSR count). The van der Waals surface area contributed by atoms with Gasteiger partial charge < -0.3 is 20.3 Å². The van der Waals surface area contributed by atoms with Crippen LogP contribution in [0.5, 0.6) is 5.75 Å². The summed E-state index contributed by atoms with van der Waals surface area (Å²) in [6, 6.07) is 0. The SMILES string of the molecule is COc1c(C)c(C)c(Br)c(C)c1CNCC(O)CO. The van der Waals surface area contributed by atoms with Crippen LogP contribution in [-0.4, -0.2) is 36.6 Å². The Morgan fingerprint density at radius 1 is 1.21 bits per heavy atom. The van der Waals surface area contributed by atoms with Crippen molar-refractivity contribution in [3.05, 3.63) is 26.7 Å². The Morgan fingerprint density at radius 3 is 2.37 bits per heavy atom. The second-order valence-electron chi connectivity index (χ2n) is 4.67. The molecule has 0 heterocycles. The van der Waals surface area contributed by atoms with Crippen LogP contribution in [0.1, 0.15) is 22.3 Å². The fourth-order valence-electron chi connectivity index (χ4n) is 2.06. The predicted molar refractivity (Wildman–Crippen MR) is 79.7 cm³/mol. The standard InChI is InChI=1S/C14H22BrNO3/c1-8-9(2)14(19-4)12(10(3)13(8)15)6-16-5-11(18)7-17/h11,16-18H,5-7H2,1-4H3. The summed E-state index contributed by atoms with van der Waals surface area (Å²) in [5.41, 5.74) is 4.49. The van der Waals surface area contributed by atoms with E-state index in [0.717, 1.165) is 26.9 Å². The maximum absolute atomic E-state index is 9.33. The lowest BCUT2D eigenvalue weighted by Crippen LogP contribution is -2.29. The minimum Gasteiger partial charge on any atom is -0.496 e. The van der Waals surface area contributed by atoms with Crippen molar-refractivity contribution in [3.8, 4) is 5.75 Å². The fourth-order valence-corrected chi connectivity index (χ4v) is 2.60. The summed E-state index contributed by atoms with van der Waals surface area (Å²) in [5.74, 6) is 0.879. The van der Waals surface area contributed by atoms with Crippen LogP contribution in [0.15, 0.2) is 4.47 Å². The first-order valence-corrected chi connectivity index (χ1v) is 7.05. The Kier molecular flexibility index (Phi) is 6.26. The number of halogens is 1. The molecule has 1 aromatic rings. The van der Waals surface area contributed by atoms with Gasteiger partial charge in [-0.15, -0.1) is 0 Å². The second-order valence-corrected chi connectivity index (χ2v) is 5.46. The van der Waals surface area contributed by atoms with Gasteiger partial charge in [0.2, 0.25) is 0 Å².